The third-order valence-corrected chi connectivity index (χ3v) is 4.95. The van der Waals surface area contributed by atoms with E-state index in [0.717, 1.165) is 36.5 Å². The van der Waals surface area contributed by atoms with Gasteiger partial charge in [0.1, 0.15) is 11.6 Å². The van der Waals surface area contributed by atoms with Crippen molar-refractivity contribution in [3.05, 3.63) is 53.6 Å². The van der Waals surface area contributed by atoms with Crippen LogP contribution in [0.1, 0.15) is 62.4 Å². The van der Waals surface area contributed by atoms with E-state index < -0.39 is 0 Å². The van der Waals surface area contributed by atoms with E-state index in [0.29, 0.717) is 5.92 Å². The number of nitrogens with one attached hydrogen (secondary N) is 1. The van der Waals surface area contributed by atoms with Crippen molar-refractivity contribution in [1.82, 2.24) is 15.3 Å². The highest BCUT2D eigenvalue weighted by molar-refractivity contribution is 5.40. The molecule has 1 aliphatic carbocycles. The number of hydrogen-bond acceptors (Lipinski definition) is 4. The van der Waals surface area contributed by atoms with Gasteiger partial charge >= 0.3 is 0 Å². The van der Waals surface area contributed by atoms with Crippen molar-refractivity contribution in [1.29, 1.82) is 0 Å². The van der Waals surface area contributed by atoms with Gasteiger partial charge in [-0.2, -0.15) is 0 Å². The van der Waals surface area contributed by atoms with Crippen molar-refractivity contribution < 1.29 is 4.74 Å². The highest BCUT2D eigenvalue weighted by atomic mass is 16.5. The second-order valence-electron chi connectivity index (χ2n) is 6.95. The van der Waals surface area contributed by atoms with Crippen molar-refractivity contribution in [3.63, 3.8) is 0 Å². The second-order valence-corrected chi connectivity index (χ2v) is 6.95. The summed E-state index contributed by atoms with van der Waals surface area (Å²) in [6, 6.07) is 8.37. The maximum Gasteiger partial charge on any atom is 0.130 e. The molecule has 1 aromatic heterocycles. The van der Waals surface area contributed by atoms with E-state index in [1.165, 1.54) is 18.4 Å². The van der Waals surface area contributed by atoms with Gasteiger partial charge in [0.25, 0.3) is 0 Å². The fraction of sp³-hybridized carbons (Fsp3) is 0.500. The van der Waals surface area contributed by atoms with Crippen LogP contribution in [0.4, 0.5) is 0 Å². The molecule has 1 aliphatic rings. The molecule has 0 atom stereocenters. The van der Waals surface area contributed by atoms with Crippen LogP contribution in [-0.2, 0) is 12.1 Å². The van der Waals surface area contributed by atoms with Crippen LogP contribution in [0.3, 0.4) is 0 Å². The van der Waals surface area contributed by atoms with Crippen molar-refractivity contribution in [3.8, 4) is 5.75 Å². The van der Waals surface area contributed by atoms with Gasteiger partial charge in [-0.3, -0.25) is 0 Å². The van der Waals surface area contributed by atoms with Crippen LogP contribution in [0.15, 0.2) is 36.7 Å². The SMILES string of the molecule is COc1ccccc1C1(NCc2cnc(C(C)C)nc2)CCCC1. The lowest BCUT2D eigenvalue weighted by molar-refractivity contribution is 0.316. The first-order valence-electron chi connectivity index (χ1n) is 8.84. The smallest absolute Gasteiger partial charge is 0.130 e. The molecule has 0 spiro atoms. The summed E-state index contributed by atoms with van der Waals surface area (Å²) in [4.78, 5) is 8.95. The van der Waals surface area contributed by atoms with Gasteiger partial charge in [0.2, 0.25) is 0 Å². The molecule has 1 N–H and O–H groups in total. The summed E-state index contributed by atoms with van der Waals surface area (Å²) in [6.07, 6.45) is 8.65. The highest BCUT2D eigenvalue weighted by Gasteiger charge is 2.37. The molecule has 0 unspecified atom stereocenters. The Bertz CT molecular complexity index is 661. The molecular weight excluding hydrogens is 298 g/mol. The predicted octanol–water partition coefficient (Wildman–Crippen LogP) is 4.17. The monoisotopic (exact) mass is 325 g/mol. The van der Waals surface area contributed by atoms with Gasteiger partial charge in [-0.15, -0.1) is 0 Å². The van der Waals surface area contributed by atoms with Gasteiger partial charge in [0, 0.05) is 41.5 Å². The van der Waals surface area contributed by atoms with Gasteiger partial charge in [-0.05, 0) is 18.9 Å². The molecule has 0 amide bonds. The lowest BCUT2D eigenvalue weighted by Crippen LogP contribution is -2.39. The van der Waals surface area contributed by atoms with Crippen LogP contribution in [0.25, 0.3) is 0 Å². The molecule has 1 aromatic carbocycles. The minimum Gasteiger partial charge on any atom is -0.496 e. The molecule has 0 aliphatic heterocycles. The molecule has 0 bridgehead atoms. The van der Waals surface area contributed by atoms with Crippen molar-refractivity contribution >= 4 is 0 Å². The Morgan fingerprint density at radius 1 is 1.12 bits per heavy atom. The Morgan fingerprint density at radius 3 is 2.42 bits per heavy atom. The number of hydrogen-bond donors (Lipinski definition) is 1. The largest absolute Gasteiger partial charge is 0.496 e. The lowest BCUT2D eigenvalue weighted by Gasteiger charge is -2.32. The number of para-hydroxylation sites is 1. The van der Waals surface area contributed by atoms with Gasteiger partial charge in [0.05, 0.1) is 7.11 Å². The zero-order valence-electron chi connectivity index (χ0n) is 14.9. The van der Waals surface area contributed by atoms with Crippen LogP contribution in [0.2, 0.25) is 0 Å². The van der Waals surface area contributed by atoms with E-state index in [1.54, 1.807) is 7.11 Å². The molecule has 1 fully saturated rings. The summed E-state index contributed by atoms with van der Waals surface area (Å²) in [5, 5.41) is 3.79. The third kappa shape index (κ3) is 3.44. The molecule has 0 radical (unpaired) electrons. The van der Waals surface area contributed by atoms with Gasteiger partial charge in [0.15, 0.2) is 0 Å². The van der Waals surface area contributed by atoms with Crippen LogP contribution >= 0.6 is 0 Å². The molecule has 24 heavy (non-hydrogen) atoms. The summed E-state index contributed by atoms with van der Waals surface area (Å²) in [5.74, 6) is 2.24. The number of nitrogens with zero attached hydrogens (tertiary/aromatic N) is 2. The lowest BCUT2D eigenvalue weighted by atomic mass is 9.87. The van der Waals surface area contributed by atoms with Crippen LogP contribution in [0.5, 0.6) is 5.75 Å². The molecule has 4 nitrogen and oxygen atoms in total. The number of benzene rings is 1. The third-order valence-electron chi connectivity index (χ3n) is 4.95. The maximum absolute atomic E-state index is 5.61. The minimum atomic E-state index is -0.0106. The van der Waals surface area contributed by atoms with E-state index in [2.05, 4.69) is 47.3 Å². The summed E-state index contributed by atoms with van der Waals surface area (Å²) in [6.45, 7) is 5.00. The molecule has 0 saturated heterocycles. The number of aromatic nitrogens is 2. The molecule has 1 heterocycles. The van der Waals surface area contributed by atoms with E-state index in [4.69, 9.17) is 4.74 Å². The number of methoxy groups -OCH3 is 1. The van der Waals surface area contributed by atoms with E-state index in [-0.39, 0.29) is 5.54 Å². The van der Waals surface area contributed by atoms with E-state index in [1.807, 2.05) is 18.5 Å². The molecule has 1 saturated carbocycles. The minimum absolute atomic E-state index is 0.0106. The van der Waals surface area contributed by atoms with Gasteiger partial charge in [-0.1, -0.05) is 44.9 Å². The Balaban J connectivity index is 1.79. The topological polar surface area (TPSA) is 47.0 Å². The van der Waals surface area contributed by atoms with Crippen LogP contribution in [-0.4, -0.2) is 17.1 Å². The molecule has 4 heteroatoms. The zero-order chi connectivity index (χ0) is 17.0. The van der Waals surface area contributed by atoms with Gasteiger partial charge in [-0.25, -0.2) is 9.97 Å². The fourth-order valence-electron chi connectivity index (χ4n) is 3.59. The highest BCUT2D eigenvalue weighted by Crippen LogP contribution is 2.42. The summed E-state index contributed by atoms with van der Waals surface area (Å²) < 4.78 is 5.61. The van der Waals surface area contributed by atoms with Crippen molar-refractivity contribution in [2.24, 2.45) is 0 Å². The van der Waals surface area contributed by atoms with Gasteiger partial charge < -0.3 is 10.1 Å². The quantitative estimate of drug-likeness (QED) is 0.866. The summed E-state index contributed by atoms with van der Waals surface area (Å²) in [5.41, 5.74) is 2.38. The first-order chi connectivity index (χ1) is 11.6. The van der Waals surface area contributed by atoms with E-state index >= 15 is 0 Å². The van der Waals surface area contributed by atoms with Crippen LogP contribution < -0.4 is 10.1 Å². The Hall–Kier alpha value is -1.94. The first kappa shape index (κ1) is 16.9. The average Bonchev–Trinajstić information content (AvgIpc) is 3.10. The van der Waals surface area contributed by atoms with E-state index in [9.17, 15) is 0 Å². The average molecular weight is 325 g/mol. The molecule has 2 aromatic rings. The van der Waals surface area contributed by atoms with Crippen LogP contribution in [0, 0.1) is 0 Å². The maximum atomic E-state index is 5.61. The molecular formula is C20H27N3O. The first-order valence-corrected chi connectivity index (χ1v) is 8.84. The normalized spacial score (nSPS) is 16.5. The standard InChI is InChI=1S/C20H27N3O/c1-15(2)19-21-12-16(13-22-19)14-23-20(10-6-7-11-20)17-8-4-5-9-18(17)24-3/h4-5,8-9,12-13,15,23H,6-7,10-11,14H2,1-3H3. The summed E-state index contributed by atoms with van der Waals surface area (Å²) in [7, 11) is 1.75. The Morgan fingerprint density at radius 2 is 1.79 bits per heavy atom. The Labute approximate surface area is 144 Å². The number of rotatable bonds is 6. The molecule has 3 rings (SSSR count). The number of ether oxygens (including phenoxy) is 1. The zero-order valence-corrected chi connectivity index (χ0v) is 14.9. The fourth-order valence-corrected chi connectivity index (χ4v) is 3.59. The second kappa shape index (κ2) is 7.31. The van der Waals surface area contributed by atoms with Crippen molar-refractivity contribution in [2.45, 2.75) is 57.5 Å². The summed E-state index contributed by atoms with van der Waals surface area (Å²) >= 11 is 0. The van der Waals surface area contributed by atoms with Crippen molar-refractivity contribution in [2.75, 3.05) is 7.11 Å². The predicted molar refractivity (Wildman–Crippen MR) is 96.1 cm³/mol. The Kier molecular flexibility index (Phi) is 5.14. The molecule has 128 valence electrons.